The molecular weight excluding hydrogens is 408 g/mol. The zero-order chi connectivity index (χ0) is 21.8. The first-order valence-corrected chi connectivity index (χ1v) is 10.2. The molecule has 0 spiro atoms. The van der Waals surface area contributed by atoms with Crippen LogP contribution in [0.5, 0.6) is 17.2 Å². The molecule has 0 unspecified atom stereocenters. The quantitative estimate of drug-likeness (QED) is 0.496. The van der Waals surface area contributed by atoms with E-state index >= 15 is 0 Å². The number of carbonyl (C=O) groups is 1. The topological polar surface area (TPSA) is 82.8 Å². The second-order valence-corrected chi connectivity index (χ2v) is 7.73. The van der Waals surface area contributed by atoms with Crippen LogP contribution in [0, 0.1) is 0 Å². The van der Waals surface area contributed by atoms with Crippen molar-refractivity contribution < 1.29 is 24.1 Å². The van der Waals surface area contributed by atoms with Crippen molar-refractivity contribution in [2.75, 3.05) is 6.79 Å². The molecule has 0 fully saturated rings. The van der Waals surface area contributed by atoms with Gasteiger partial charge in [0.15, 0.2) is 11.5 Å². The predicted molar refractivity (Wildman–Crippen MR) is 118 cm³/mol. The third-order valence-corrected chi connectivity index (χ3v) is 5.93. The molecule has 0 bridgehead atoms. The van der Waals surface area contributed by atoms with Gasteiger partial charge in [0.25, 0.3) is 0 Å². The number of rotatable bonds is 2. The molecule has 6 rings (SSSR count). The summed E-state index contributed by atoms with van der Waals surface area (Å²) in [4.78, 5) is 16.3. The fourth-order valence-electron chi connectivity index (χ4n) is 4.35. The molecule has 7 nitrogen and oxygen atoms in total. The summed E-state index contributed by atoms with van der Waals surface area (Å²) in [5.41, 5.74) is 6.41. The van der Waals surface area contributed by atoms with E-state index in [0.717, 1.165) is 39.0 Å². The molecule has 0 saturated carbocycles. The van der Waals surface area contributed by atoms with E-state index in [1.54, 1.807) is 24.5 Å². The molecule has 1 N–H and O–H groups in total. The number of ether oxygens (including phenoxy) is 3. The number of benzene rings is 3. The third-order valence-electron chi connectivity index (χ3n) is 5.93. The molecule has 2 aliphatic heterocycles. The summed E-state index contributed by atoms with van der Waals surface area (Å²) >= 11 is 0. The largest absolute Gasteiger partial charge is 0.488 e. The number of aromatic carboxylic acids is 1. The fourth-order valence-corrected chi connectivity index (χ4v) is 4.35. The first kappa shape index (κ1) is 18.5. The van der Waals surface area contributed by atoms with E-state index in [0.29, 0.717) is 23.9 Å². The van der Waals surface area contributed by atoms with Crippen LogP contribution in [-0.2, 0) is 6.61 Å². The van der Waals surface area contributed by atoms with Crippen molar-refractivity contribution in [2.24, 2.45) is 0 Å². The molecule has 3 heterocycles. The lowest BCUT2D eigenvalue weighted by atomic mass is 9.91. The van der Waals surface area contributed by atoms with Gasteiger partial charge in [0, 0.05) is 29.0 Å². The van der Waals surface area contributed by atoms with Crippen molar-refractivity contribution in [1.82, 2.24) is 9.55 Å². The lowest BCUT2D eigenvalue weighted by Crippen LogP contribution is -2.02. The molecule has 0 atom stereocenters. The fraction of sp³-hybridized carbons (Fsp3) is 0.120. The van der Waals surface area contributed by atoms with Gasteiger partial charge in [-0.1, -0.05) is 24.3 Å². The van der Waals surface area contributed by atoms with Gasteiger partial charge >= 0.3 is 5.97 Å². The maximum absolute atomic E-state index is 11.7. The minimum Gasteiger partial charge on any atom is -0.488 e. The molecular formula is C25H18N2O5. The molecule has 0 aliphatic carbocycles. The highest BCUT2D eigenvalue weighted by molar-refractivity contribution is 6.00. The van der Waals surface area contributed by atoms with Crippen LogP contribution in [-0.4, -0.2) is 27.4 Å². The number of imidazole rings is 1. The van der Waals surface area contributed by atoms with Crippen molar-refractivity contribution in [2.45, 2.75) is 13.5 Å². The van der Waals surface area contributed by atoms with E-state index in [1.807, 2.05) is 47.9 Å². The van der Waals surface area contributed by atoms with Crippen molar-refractivity contribution in [3.05, 3.63) is 83.2 Å². The van der Waals surface area contributed by atoms with Crippen LogP contribution in [0.3, 0.4) is 0 Å². The van der Waals surface area contributed by atoms with Crippen LogP contribution in [0.4, 0.5) is 0 Å². The second kappa shape index (κ2) is 6.88. The summed E-state index contributed by atoms with van der Waals surface area (Å²) in [6, 6.07) is 16.8. The number of hydrogen-bond donors (Lipinski definition) is 1. The zero-order valence-corrected chi connectivity index (χ0v) is 17.2. The smallest absolute Gasteiger partial charge is 0.335 e. The van der Waals surface area contributed by atoms with E-state index in [2.05, 4.69) is 4.98 Å². The van der Waals surface area contributed by atoms with Crippen LogP contribution < -0.4 is 14.2 Å². The van der Waals surface area contributed by atoms with Crippen molar-refractivity contribution >= 4 is 28.3 Å². The van der Waals surface area contributed by atoms with Crippen LogP contribution >= 0.6 is 0 Å². The molecule has 1 aromatic heterocycles. The van der Waals surface area contributed by atoms with Crippen molar-refractivity contribution in [1.29, 1.82) is 0 Å². The Morgan fingerprint density at radius 2 is 1.78 bits per heavy atom. The highest BCUT2D eigenvalue weighted by Crippen LogP contribution is 2.42. The van der Waals surface area contributed by atoms with Crippen LogP contribution in [0.2, 0.25) is 0 Å². The molecule has 0 amide bonds. The van der Waals surface area contributed by atoms with E-state index in [1.165, 1.54) is 0 Å². The van der Waals surface area contributed by atoms with Gasteiger partial charge in [0.1, 0.15) is 18.7 Å². The Morgan fingerprint density at radius 3 is 2.62 bits per heavy atom. The average Bonchev–Trinajstić information content (AvgIpc) is 3.39. The van der Waals surface area contributed by atoms with Crippen molar-refractivity contribution in [3.8, 4) is 17.2 Å². The predicted octanol–water partition coefficient (Wildman–Crippen LogP) is 4.79. The van der Waals surface area contributed by atoms with Gasteiger partial charge in [-0.2, -0.15) is 0 Å². The number of allylic oxidation sites excluding steroid dienone is 1. The minimum absolute atomic E-state index is 0.193. The number of carboxylic acid groups (broad SMARTS) is 1. The standard InChI is InChI=1S/C25H18N2O5/c1-14(27-12-26-19-9-22-23(10-20(19)27)32-13-31-22)24-17-5-3-2-4-16(17)11-30-21-7-6-15(25(28)29)8-18(21)24/h2-10,12H,11,13H2,1H3,(H,28,29)/b24-14+. The summed E-state index contributed by atoms with van der Waals surface area (Å²) in [6.07, 6.45) is 1.76. The molecule has 7 heteroatoms. The van der Waals surface area contributed by atoms with Crippen LogP contribution in [0.25, 0.3) is 22.3 Å². The van der Waals surface area contributed by atoms with E-state index in [4.69, 9.17) is 14.2 Å². The molecule has 4 aromatic rings. The van der Waals surface area contributed by atoms with Gasteiger partial charge < -0.3 is 23.9 Å². The number of hydrogen-bond acceptors (Lipinski definition) is 5. The Hall–Kier alpha value is -4.26. The Balaban J connectivity index is 1.66. The molecule has 3 aromatic carbocycles. The maximum atomic E-state index is 11.7. The van der Waals surface area contributed by atoms with Gasteiger partial charge in [0.2, 0.25) is 6.79 Å². The number of carboxylic acids is 1. The first-order valence-electron chi connectivity index (χ1n) is 10.2. The summed E-state index contributed by atoms with van der Waals surface area (Å²) in [5.74, 6) is 1.01. The molecule has 2 aliphatic rings. The molecule has 0 saturated heterocycles. The van der Waals surface area contributed by atoms with Crippen LogP contribution in [0.1, 0.15) is 34.0 Å². The SMILES string of the molecule is C/C(=C1/c2ccccc2COc2ccc(C(=O)O)cc21)n1cnc2cc3c(cc21)OCO3. The average molecular weight is 426 g/mol. The van der Waals surface area contributed by atoms with Gasteiger partial charge in [-0.25, -0.2) is 9.78 Å². The Morgan fingerprint density at radius 1 is 0.969 bits per heavy atom. The minimum atomic E-state index is -0.983. The Labute approximate surface area is 183 Å². The van der Waals surface area contributed by atoms with E-state index in [-0.39, 0.29) is 12.4 Å². The molecule has 0 radical (unpaired) electrons. The lowest BCUT2D eigenvalue weighted by molar-refractivity contribution is 0.0696. The Bertz CT molecular complexity index is 1450. The van der Waals surface area contributed by atoms with E-state index < -0.39 is 5.97 Å². The van der Waals surface area contributed by atoms with Gasteiger partial charge in [0.05, 0.1) is 16.6 Å². The monoisotopic (exact) mass is 426 g/mol. The van der Waals surface area contributed by atoms with Gasteiger partial charge in [-0.05, 0) is 36.2 Å². The summed E-state index contributed by atoms with van der Waals surface area (Å²) in [5, 5.41) is 9.59. The van der Waals surface area contributed by atoms with Gasteiger partial charge in [-0.15, -0.1) is 0 Å². The maximum Gasteiger partial charge on any atom is 0.335 e. The number of nitrogens with zero attached hydrogens (tertiary/aromatic N) is 2. The molecule has 32 heavy (non-hydrogen) atoms. The van der Waals surface area contributed by atoms with Crippen molar-refractivity contribution in [3.63, 3.8) is 0 Å². The normalized spacial score (nSPS) is 15.5. The number of fused-ring (bicyclic) bond motifs is 4. The van der Waals surface area contributed by atoms with Crippen LogP contribution in [0.15, 0.2) is 60.9 Å². The lowest BCUT2D eigenvalue weighted by Gasteiger charge is -2.16. The summed E-state index contributed by atoms with van der Waals surface area (Å²) in [7, 11) is 0. The summed E-state index contributed by atoms with van der Waals surface area (Å²) < 4.78 is 19.1. The highest BCUT2D eigenvalue weighted by atomic mass is 16.7. The van der Waals surface area contributed by atoms with Gasteiger partial charge in [-0.3, -0.25) is 0 Å². The highest BCUT2D eigenvalue weighted by Gasteiger charge is 2.24. The zero-order valence-electron chi connectivity index (χ0n) is 17.2. The first-order chi connectivity index (χ1) is 15.6. The third kappa shape index (κ3) is 2.75. The summed E-state index contributed by atoms with van der Waals surface area (Å²) in [6.45, 7) is 2.59. The Kier molecular flexibility index (Phi) is 3.98. The second-order valence-electron chi connectivity index (χ2n) is 7.73. The molecule has 158 valence electrons. The number of aromatic nitrogens is 2. The van der Waals surface area contributed by atoms with E-state index in [9.17, 15) is 9.90 Å².